The lowest BCUT2D eigenvalue weighted by Gasteiger charge is -2.17. The summed E-state index contributed by atoms with van der Waals surface area (Å²) >= 11 is 0. The van der Waals surface area contributed by atoms with Gasteiger partial charge in [0.2, 0.25) is 0 Å². The lowest BCUT2D eigenvalue weighted by Crippen LogP contribution is -2.30. The van der Waals surface area contributed by atoms with Crippen LogP contribution >= 0.6 is 0 Å². The summed E-state index contributed by atoms with van der Waals surface area (Å²) < 4.78 is 12.6. The molecule has 2 aromatic carbocycles. The van der Waals surface area contributed by atoms with E-state index in [9.17, 15) is 4.79 Å². The van der Waals surface area contributed by atoms with Crippen LogP contribution in [0.5, 0.6) is 11.5 Å². The zero-order valence-electron chi connectivity index (χ0n) is 17.2. The molecule has 0 amide bonds. The lowest BCUT2D eigenvalue weighted by atomic mass is 10.1. The van der Waals surface area contributed by atoms with Crippen molar-refractivity contribution in [2.75, 3.05) is 34.9 Å². The van der Waals surface area contributed by atoms with E-state index in [4.69, 9.17) is 14.5 Å². The molecule has 0 aliphatic heterocycles. The summed E-state index contributed by atoms with van der Waals surface area (Å²) in [7, 11) is 7.26. The van der Waals surface area contributed by atoms with E-state index in [-0.39, 0.29) is 5.56 Å². The van der Waals surface area contributed by atoms with Crippen molar-refractivity contribution in [2.24, 2.45) is 0 Å². The number of methoxy groups -OCH3 is 2. The first kappa shape index (κ1) is 19.9. The third-order valence-electron chi connectivity index (χ3n) is 4.80. The van der Waals surface area contributed by atoms with Crippen molar-refractivity contribution >= 4 is 10.9 Å². The highest BCUT2D eigenvalue weighted by Crippen LogP contribution is 2.26. The Balaban J connectivity index is 2.15. The van der Waals surface area contributed by atoms with Crippen LogP contribution in [0.2, 0.25) is 0 Å². The van der Waals surface area contributed by atoms with Gasteiger partial charge in [-0.25, -0.2) is 4.98 Å². The van der Waals surface area contributed by atoms with Gasteiger partial charge in [0, 0.05) is 25.1 Å². The molecule has 3 aromatic rings. The molecule has 6 nitrogen and oxygen atoms in total. The van der Waals surface area contributed by atoms with Crippen molar-refractivity contribution in [3.05, 3.63) is 63.7 Å². The summed E-state index contributed by atoms with van der Waals surface area (Å²) in [5.41, 5.74) is 2.69. The van der Waals surface area contributed by atoms with E-state index in [0.29, 0.717) is 23.9 Å². The highest BCUT2D eigenvalue weighted by Gasteiger charge is 2.15. The summed E-state index contributed by atoms with van der Waals surface area (Å²) in [5, 5.41) is 0.653. The Morgan fingerprint density at radius 2 is 1.86 bits per heavy atom. The topological polar surface area (TPSA) is 56.6 Å². The SMILES string of the molecule is COc1ccc(OC)c(Cc2nc3ccc(C)cc3c(=O)n2CCN(C)C)c1. The number of hydrogen-bond donors (Lipinski definition) is 0. The molecule has 0 atom stereocenters. The van der Waals surface area contributed by atoms with Gasteiger partial charge in [0.05, 0.1) is 25.1 Å². The van der Waals surface area contributed by atoms with E-state index in [0.717, 1.165) is 35.0 Å². The van der Waals surface area contributed by atoms with Gasteiger partial charge in [0.25, 0.3) is 5.56 Å². The number of likely N-dealkylation sites (N-methyl/N-ethyl adjacent to an activating group) is 1. The van der Waals surface area contributed by atoms with Crippen LogP contribution in [0.25, 0.3) is 10.9 Å². The van der Waals surface area contributed by atoms with Crippen LogP contribution < -0.4 is 15.0 Å². The molecule has 0 unspecified atom stereocenters. The second-order valence-electron chi connectivity index (χ2n) is 7.16. The van der Waals surface area contributed by atoms with E-state index in [1.54, 1.807) is 18.8 Å². The van der Waals surface area contributed by atoms with Crippen LogP contribution in [0.1, 0.15) is 17.0 Å². The summed E-state index contributed by atoms with van der Waals surface area (Å²) in [6.07, 6.45) is 0.479. The van der Waals surface area contributed by atoms with E-state index in [1.807, 2.05) is 57.4 Å². The van der Waals surface area contributed by atoms with Gasteiger partial charge in [-0.2, -0.15) is 0 Å². The normalized spacial score (nSPS) is 11.2. The maximum absolute atomic E-state index is 13.2. The molecule has 0 fully saturated rings. The first-order chi connectivity index (χ1) is 13.4. The van der Waals surface area contributed by atoms with Gasteiger partial charge >= 0.3 is 0 Å². The Labute approximate surface area is 165 Å². The van der Waals surface area contributed by atoms with E-state index >= 15 is 0 Å². The molecule has 1 aromatic heterocycles. The van der Waals surface area contributed by atoms with E-state index in [2.05, 4.69) is 4.90 Å². The molecule has 0 spiro atoms. The second kappa shape index (κ2) is 8.44. The molecule has 0 aliphatic carbocycles. The van der Waals surface area contributed by atoms with Crippen molar-refractivity contribution < 1.29 is 9.47 Å². The molecule has 28 heavy (non-hydrogen) atoms. The van der Waals surface area contributed by atoms with Crippen molar-refractivity contribution in [2.45, 2.75) is 19.9 Å². The molecule has 148 valence electrons. The first-order valence-corrected chi connectivity index (χ1v) is 9.28. The van der Waals surface area contributed by atoms with E-state index < -0.39 is 0 Å². The summed E-state index contributed by atoms with van der Waals surface area (Å²) in [5.74, 6) is 2.21. The van der Waals surface area contributed by atoms with Gasteiger partial charge in [-0.3, -0.25) is 9.36 Å². The lowest BCUT2D eigenvalue weighted by molar-refractivity contribution is 0.376. The summed E-state index contributed by atoms with van der Waals surface area (Å²) in [6, 6.07) is 11.5. The molecule has 3 rings (SSSR count). The molecule has 0 bridgehead atoms. The van der Waals surface area contributed by atoms with Crippen molar-refractivity contribution in [1.29, 1.82) is 0 Å². The van der Waals surface area contributed by atoms with Crippen LogP contribution in [0, 0.1) is 6.92 Å². The summed E-state index contributed by atoms with van der Waals surface area (Å²) in [6.45, 7) is 3.31. The van der Waals surface area contributed by atoms with Crippen molar-refractivity contribution in [3.8, 4) is 11.5 Å². The molecule has 0 aliphatic rings. The van der Waals surface area contributed by atoms with Gasteiger partial charge in [0.1, 0.15) is 17.3 Å². The molecular weight excluding hydrogens is 354 g/mol. The molecule has 1 heterocycles. The minimum atomic E-state index is -0.00703. The number of fused-ring (bicyclic) bond motifs is 1. The predicted molar refractivity (Wildman–Crippen MR) is 112 cm³/mol. The Hall–Kier alpha value is -2.86. The third-order valence-corrected chi connectivity index (χ3v) is 4.80. The zero-order chi connectivity index (χ0) is 20.3. The fraction of sp³-hybridized carbons (Fsp3) is 0.364. The fourth-order valence-electron chi connectivity index (χ4n) is 3.24. The smallest absolute Gasteiger partial charge is 0.261 e. The predicted octanol–water partition coefficient (Wildman–Crippen LogP) is 2.87. The van der Waals surface area contributed by atoms with Crippen molar-refractivity contribution in [1.82, 2.24) is 14.5 Å². The number of nitrogens with zero attached hydrogens (tertiary/aromatic N) is 3. The molecule has 0 N–H and O–H groups in total. The molecular formula is C22H27N3O3. The Morgan fingerprint density at radius 3 is 2.54 bits per heavy atom. The van der Waals surface area contributed by atoms with Crippen LogP contribution in [-0.4, -0.2) is 49.3 Å². The number of rotatable bonds is 7. The van der Waals surface area contributed by atoms with Gasteiger partial charge in [0.15, 0.2) is 0 Å². The van der Waals surface area contributed by atoms with Crippen LogP contribution in [-0.2, 0) is 13.0 Å². The fourth-order valence-corrected chi connectivity index (χ4v) is 3.24. The molecule has 6 heteroatoms. The monoisotopic (exact) mass is 381 g/mol. The highest BCUT2D eigenvalue weighted by atomic mass is 16.5. The maximum atomic E-state index is 13.2. The maximum Gasteiger partial charge on any atom is 0.261 e. The highest BCUT2D eigenvalue weighted by molar-refractivity contribution is 5.78. The number of aryl methyl sites for hydroxylation is 1. The standard InChI is InChI=1S/C22H27N3O3/c1-15-6-8-19-18(12-15)22(26)25(11-10-24(2)3)21(23-19)14-16-13-17(27-4)7-9-20(16)28-5/h6-9,12-13H,10-11,14H2,1-5H3. The average molecular weight is 381 g/mol. The number of benzene rings is 2. The molecule has 0 radical (unpaired) electrons. The van der Waals surface area contributed by atoms with Gasteiger partial charge < -0.3 is 14.4 Å². The Kier molecular flexibility index (Phi) is 5.99. The largest absolute Gasteiger partial charge is 0.497 e. The first-order valence-electron chi connectivity index (χ1n) is 9.28. The van der Waals surface area contributed by atoms with Crippen LogP contribution in [0.4, 0.5) is 0 Å². The second-order valence-corrected chi connectivity index (χ2v) is 7.16. The Morgan fingerprint density at radius 1 is 1.07 bits per heavy atom. The number of ether oxygens (including phenoxy) is 2. The third kappa shape index (κ3) is 4.17. The number of hydrogen-bond acceptors (Lipinski definition) is 5. The zero-order valence-corrected chi connectivity index (χ0v) is 17.2. The number of aromatic nitrogens is 2. The van der Waals surface area contributed by atoms with Crippen LogP contribution in [0.3, 0.4) is 0 Å². The van der Waals surface area contributed by atoms with Crippen molar-refractivity contribution in [3.63, 3.8) is 0 Å². The molecule has 0 saturated heterocycles. The average Bonchev–Trinajstić information content (AvgIpc) is 2.68. The van der Waals surface area contributed by atoms with Gasteiger partial charge in [-0.1, -0.05) is 11.6 Å². The van der Waals surface area contributed by atoms with Crippen LogP contribution in [0.15, 0.2) is 41.2 Å². The van der Waals surface area contributed by atoms with E-state index in [1.165, 1.54) is 0 Å². The van der Waals surface area contributed by atoms with Gasteiger partial charge in [-0.15, -0.1) is 0 Å². The quantitative estimate of drug-likeness (QED) is 0.630. The minimum Gasteiger partial charge on any atom is -0.497 e. The molecule has 0 saturated carbocycles. The summed E-state index contributed by atoms with van der Waals surface area (Å²) in [4.78, 5) is 20.1. The Bertz CT molecular complexity index is 1040. The minimum absolute atomic E-state index is 0.00703. The van der Waals surface area contributed by atoms with Gasteiger partial charge in [-0.05, 0) is 51.4 Å².